The Morgan fingerprint density at radius 3 is 2.88 bits per heavy atom. The van der Waals surface area contributed by atoms with Gasteiger partial charge in [-0.05, 0) is 13.3 Å². The molecule has 25 heavy (non-hydrogen) atoms. The summed E-state index contributed by atoms with van der Waals surface area (Å²) in [4.78, 5) is 29.1. The molecular weight excluding hydrogens is 318 g/mol. The van der Waals surface area contributed by atoms with Crippen molar-refractivity contribution in [2.75, 3.05) is 5.32 Å². The van der Waals surface area contributed by atoms with Gasteiger partial charge in [-0.2, -0.15) is 0 Å². The number of hydrogen-bond acceptors (Lipinski definition) is 3. The fraction of sp³-hybridized carbons (Fsp3) is 0.389. The molecule has 0 saturated carbocycles. The Morgan fingerprint density at radius 1 is 1.40 bits per heavy atom. The highest BCUT2D eigenvalue weighted by Crippen LogP contribution is 2.29. The van der Waals surface area contributed by atoms with Gasteiger partial charge in [0.1, 0.15) is 0 Å². The van der Waals surface area contributed by atoms with Gasteiger partial charge < -0.3 is 15.0 Å². The Morgan fingerprint density at radius 2 is 2.20 bits per heavy atom. The number of rotatable bonds is 5. The van der Waals surface area contributed by atoms with E-state index in [-0.39, 0.29) is 11.5 Å². The molecule has 0 aliphatic rings. The third-order valence-electron chi connectivity index (χ3n) is 4.02. The standard InChI is InChI=1S/C18H21N5O2/c1-4-6-7-9-23-17-13(10-19-23)16(20-12(3)24)15-14(21-17)11-22(8-5-2)18(15)25/h10-11,19H,5,7-9H2,1-3H3,(H,20,24). The number of pyridine rings is 1. The monoisotopic (exact) mass is 339 g/mol. The second-order valence-electron chi connectivity index (χ2n) is 5.90. The quantitative estimate of drug-likeness (QED) is 0.700. The Balaban J connectivity index is 2.26. The third-order valence-corrected chi connectivity index (χ3v) is 4.02. The smallest absolute Gasteiger partial charge is 0.262 e. The van der Waals surface area contributed by atoms with Crippen LogP contribution in [0.2, 0.25) is 0 Å². The van der Waals surface area contributed by atoms with E-state index in [0.29, 0.717) is 41.7 Å². The van der Waals surface area contributed by atoms with Crippen molar-refractivity contribution in [1.82, 2.24) is 19.3 Å². The van der Waals surface area contributed by atoms with Gasteiger partial charge in [-0.3, -0.25) is 14.3 Å². The number of aromatic nitrogens is 4. The number of nitrogens with zero attached hydrogens (tertiary/aromatic N) is 3. The average molecular weight is 339 g/mol. The summed E-state index contributed by atoms with van der Waals surface area (Å²) in [6, 6.07) is 0. The molecule has 0 atom stereocenters. The maximum Gasteiger partial charge on any atom is 0.262 e. The molecule has 0 bridgehead atoms. The molecule has 130 valence electrons. The Bertz CT molecular complexity index is 1060. The Labute approximate surface area is 145 Å². The number of nitrogens with one attached hydrogen (secondary N) is 2. The maximum absolute atomic E-state index is 12.7. The lowest BCUT2D eigenvalue weighted by Gasteiger charge is -2.06. The zero-order valence-corrected chi connectivity index (χ0v) is 14.6. The van der Waals surface area contributed by atoms with E-state index in [9.17, 15) is 9.59 Å². The largest absolute Gasteiger partial charge is 0.325 e. The van der Waals surface area contributed by atoms with Crippen molar-refractivity contribution in [3.05, 3.63) is 22.7 Å². The van der Waals surface area contributed by atoms with Crippen LogP contribution in [-0.4, -0.2) is 25.2 Å². The van der Waals surface area contributed by atoms with E-state index in [0.717, 1.165) is 11.8 Å². The van der Waals surface area contributed by atoms with Crippen LogP contribution in [0, 0.1) is 11.8 Å². The van der Waals surface area contributed by atoms with Crippen LogP contribution in [0.15, 0.2) is 17.2 Å². The summed E-state index contributed by atoms with van der Waals surface area (Å²) in [6.07, 6.45) is 5.06. The number of hydrogen-bond donors (Lipinski definition) is 2. The fourth-order valence-electron chi connectivity index (χ4n) is 2.99. The van der Waals surface area contributed by atoms with E-state index in [1.165, 1.54) is 6.92 Å². The van der Waals surface area contributed by atoms with Gasteiger partial charge in [0.2, 0.25) is 5.91 Å². The molecule has 0 aliphatic carbocycles. The van der Waals surface area contributed by atoms with E-state index in [4.69, 9.17) is 0 Å². The first kappa shape index (κ1) is 16.8. The molecule has 0 spiro atoms. The molecule has 0 aliphatic heterocycles. The van der Waals surface area contributed by atoms with Gasteiger partial charge in [-0.15, -0.1) is 11.8 Å². The van der Waals surface area contributed by atoms with Gasteiger partial charge in [-0.1, -0.05) is 6.92 Å². The zero-order valence-electron chi connectivity index (χ0n) is 14.6. The summed E-state index contributed by atoms with van der Waals surface area (Å²) >= 11 is 0. The molecule has 7 heteroatoms. The minimum absolute atomic E-state index is 0.125. The van der Waals surface area contributed by atoms with Crippen molar-refractivity contribution in [3.63, 3.8) is 0 Å². The van der Waals surface area contributed by atoms with Crippen molar-refractivity contribution in [2.45, 2.75) is 46.7 Å². The van der Waals surface area contributed by atoms with Crippen molar-refractivity contribution in [2.24, 2.45) is 0 Å². The van der Waals surface area contributed by atoms with Crippen LogP contribution in [0.5, 0.6) is 0 Å². The molecule has 0 fully saturated rings. The van der Waals surface area contributed by atoms with Gasteiger partial charge in [0.25, 0.3) is 5.56 Å². The fourth-order valence-corrected chi connectivity index (χ4v) is 2.99. The third kappa shape index (κ3) is 3.03. The molecule has 1 amide bonds. The molecule has 0 aromatic carbocycles. The van der Waals surface area contributed by atoms with E-state index < -0.39 is 0 Å². The second kappa shape index (κ2) is 6.85. The number of amides is 1. The highest BCUT2D eigenvalue weighted by Gasteiger charge is 2.19. The van der Waals surface area contributed by atoms with E-state index in [1.807, 2.05) is 11.6 Å². The van der Waals surface area contributed by atoms with Crippen molar-refractivity contribution in [1.29, 1.82) is 0 Å². The number of aryl methyl sites for hydroxylation is 2. The number of carbonyl (C=O) groups is 1. The van der Waals surface area contributed by atoms with Gasteiger partial charge in [0.05, 0.1) is 28.5 Å². The van der Waals surface area contributed by atoms with Gasteiger partial charge in [-0.25, -0.2) is 4.98 Å². The lowest BCUT2D eigenvalue weighted by molar-refractivity contribution is -0.114. The minimum Gasteiger partial charge on any atom is -0.325 e. The van der Waals surface area contributed by atoms with Crippen LogP contribution < -0.4 is 10.9 Å². The highest BCUT2D eigenvalue weighted by atomic mass is 16.1. The molecule has 7 nitrogen and oxygen atoms in total. The SMILES string of the molecule is CC#CCCn1[nH]cc2c(NC(C)=O)c3c(=O)n(CCC)cc3nc21. The number of carbonyl (C=O) groups excluding carboxylic acids is 1. The minimum atomic E-state index is -0.221. The van der Waals surface area contributed by atoms with Crippen LogP contribution in [0.3, 0.4) is 0 Å². The molecular formula is C18H21N5O2. The summed E-state index contributed by atoms with van der Waals surface area (Å²) < 4.78 is 3.53. The van der Waals surface area contributed by atoms with Crippen molar-refractivity contribution < 1.29 is 4.79 Å². The second-order valence-corrected chi connectivity index (χ2v) is 5.90. The number of fused-ring (bicyclic) bond motifs is 2. The van der Waals surface area contributed by atoms with Gasteiger partial charge >= 0.3 is 0 Å². The highest BCUT2D eigenvalue weighted by molar-refractivity contribution is 6.11. The summed E-state index contributed by atoms with van der Waals surface area (Å²) in [7, 11) is 0. The van der Waals surface area contributed by atoms with Crippen LogP contribution in [0.4, 0.5) is 5.69 Å². The van der Waals surface area contributed by atoms with E-state index in [1.54, 1.807) is 23.9 Å². The Hall–Kier alpha value is -3.01. The molecule has 3 aromatic heterocycles. The predicted octanol–water partition coefficient (Wildman–Crippen LogP) is 2.46. The van der Waals surface area contributed by atoms with E-state index in [2.05, 4.69) is 27.2 Å². The van der Waals surface area contributed by atoms with Gasteiger partial charge in [0, 0.05) is 32.3 Å². The molecule has 3 aromatic rings. The van der Waals surface area contributed by atoms with Crippen molar-refractivity contribution in [3.8, 4) is 11.8 Å². The van der Waals surface area contributed by atoms with Crippen molar-refractivity contribution >= 4 is 33.5 Å². The molecule has 3 rings (SSSR count). The summed E-state index contributed by atoms with van der Waals surface area (Å²) in [6.45, 7) is 6.53. The number of anilines is 1. The predicted molar refractivity (Wildman–Crippen MR) is 98.5 cm³/mol. The molecule has 0 unspecified atom stereocenters. The topological polar surface area (TPSA) is 84.7 Å². The summed E-state index contributed by atoms with van der Waals surface area (Å²) in [5.74, 6) is 5.67. The molecule has 3 heterocycles. The first-order chi connectivity index (χ1) is 12.1. The lowest BCUT2D eigenvalue weighted by Crippen LogP contribution is -2.16. The zero-order chi connectivity index (χ0) is 18.0. The number of aromatic amines is 1. The summed E-state index contributed by atoms with van der Waals surface area (Å²) in [5, 5.41) is 7.13. The van der Waals surface area contributed by atoms with Gasteiger partial charge in [0.15, 0.2) is 5.65 Å². The van der Waals surface area contributed by atoms with Crippen LogP contribution in [0.1, 0.15) is 33.6 Å². The molecule has 0 saturated heterocycles. The lowest BCUT2D eigenvalue weighted by atomic mass is 10.2. The number of H-pyrrole nitrogens is 1. The van der Waals surface area contributed by atoms with E-state index >= 15 is 0 Å². The Kier molecular flexibility index (Phi) is 4.61. The maximum atomic E-state index is 12.7. The average Bonchev–Trinajstić information content (AvgIpc) is 3.10. The van der Waals surface area contributed by atoms with Crippen LogP contribution >= 0.6 is 0 Å². The first-order valence-corrected chi connectivity index (χ1v) is 8.34. The molecule has 2 N–H and O–H groups in total. The van der Waals surface area contributed by atoms with Crippen LogP contribution in [-0.2, 0) is 17.9 Å². The first-order valence-electron chi connectivity index (χ1n) is 8.34. The normalized spacial score (nSPS) is 10.8. The summed E-state index contributed by atoms with van der Waals surface area (Å²) in [5.41, 5.74) is 1.68. The molecule has 0 radical (unpaired) electrons. The van der Waals surface area contributed by atoms with Crippen LogP contribution in [0.25, 0.3) is 21.9 Å².